The van der Waals surface area contributed by atoms with Crippen molar-refractivity contribution in [3.8, 4) is 11.3 Å². The van der Waals surface area contributed by atoms with Crippen LogP contribution in [-0.2, 0) is 11.2 Å². The van der Waals surface area contributed by atoms with Crippen LogP contribution in [0.25, 0.3) is 11.3 Å². The second-order valence-electron chi connectivity index (χ2n) is 9.45. The number of nitrogens with two attached hydrogens (primary N) is 1. The van der Waals surface area contributed by atoms with Gasteiger partial charge in [-0.3, -0.25) is 9.89 Å². The summed E-state index contributed by atoms with van der Waals surface area (Å²) in [6, 6.07) is 1.71. The molecular weight excluding hydrogens is 448 g/mol. The number of nitrogen functional groups attached to an aromatic ring is 1. The van der Waals surface area contributed by atoms with E-state index in [0.717, 1.165) is 55.1 Å². The Morgan fingerprint density at radius 2 is 1.94 bits per heavy atom. The second-order valence-corrected chi connectivity index (χ2v) is 9.45. The van der Waals surface area contributed by atoms with Crippen molar-refractivity contribution in [2.24, 2.45) is 0 Å². The van der Waals surface area contributed by atoms with E-state index in [1.807, 2.05) is 4.90 Å². The van der Waals surface area contributed by atoms with Gasteiger partial charge in [0, 0.05) is 62.4 Å². The number of aromatic nitrogens is 6. The van der Waals surface area contributed by atoms with E-state index in [4.69, 9.17) is 20.4 Å². The number of morpholine rings is 1. The molecule has 182 valence electrons. The van der Waals surface area contributed by atoms with Crippen LogP contribution in [0.4, 0.5) is 17.7 Å². The molecule has 12 nitrogen and oxygen atoms in total. The van der Waals surface area contributed by atoms with Crippen molar-refractivity contribution in [3.63, 3.8) is 0 Å². The van der Waals surface area contributed by atoms with Gasteiger partial charge in [-0.25, -0.2) is 15.0 Å². The second kappa shape index (κ2) is 8.45. The smallest absolute Gasteiger partial charge is 0.271 e. The number of anilines is 3. The number of hydrogen-bond acceptors (Lipinski definition) is 10. The van der Waals surface area contributed by atoms with Gasteiger partial charge in [-0.15, -0.1) is 0 Å². The normalized spacial score (nSPS) is 22.0. The molecule has 3 aromatic rings. The zero-order valence-corrected chi connectivity index (χ0v) is 19.6. The molecule has 35 heavy (non-hydrogen) atoms. The highest BCUT2D eigenvalue weighted by Gasteiger charge is 2.45. The summed E-state index contributed by atoms with van der Waals surface area (Å²) in [5, 5.41) is 6.71. The van der Waals surface area contributed by atoms with Crippen LogP contribution in [0.5, 0.6) is 0 Å². The topological polar surface area (TPSA) is 142 Å². The molecule has 3 aliphatic heterocycles. The standard InChI is InChI=1S/C23H28N10O2/c1-23(4-7-32(14-23)20(34)17-2-5-27-30-17)33-6-3-16-18(15-12-25-21(24)26-13-15)28-22(29-19(16)33)31-8-10-35-11-9-31/h2,5,12-13H,3-4,6-11,14H2,1H3,(H,27,30)(H2,24,25,26)/t23-/m0/s1. The van der Waals surface area contributed by atoms with Crippen LogP contribution >= 0.6 is 0 Å². The first-order valence-corrected chi connectivity index (χ1v) is 11.9. The zero-order valence-electron chi connectivity index (χ0n) is 19.6. The monoisotopic (exact) mass is 476 g/mol. The molecule has 2 saturated heterocycles. The van der Waals surface area contributed by atoms with Crippen LogP contribution in [0, 0.1) is 0 Å². The number of rotatable bonds is 4. The van der Waals surface area contributed by atoms with Crippen LogP contribution in [-0.4, -0.2) is 92.4 Å². The lowest BCUT2D eigenvalue weighted by Gasteiger charge is -2.37. The quantitative estimate of drug-likeness (QED) is 0.554. The van der Waals surface area contributed by atoms with Crippen LogP contribution in [0.1, 0.15) is 29.4 Å². The summed E-state index contributed by atoms with van der Waals surface area (Å²) in [7, 11) is 0. The molecule has 3 aromatic heterocycles. The van der Waals surface area contributed by atoms with Crippen molar-refractivity contribution >= 4 is 23.6 Å². The van der Waals surface area contributed by atoms with E-state index in [1.165, 1.54) is 0 Å². The Morgan fingerprint density at radius 3 is 2.69 bits per heavy atom. The average molecular weight is 477 g/mol. The third-order valence-electron chi connectivity index (χ3n) is 7.18. The largest absolute Gasteiger partial charge is 0.378 e. The summed E-state index contributed by atoms with van der Waals surface area (Å²) in [6.45, 7) is 7.08. The fraction of sp³-hybridized carbons (Fsp3) is 0.478. The molecule has 6 heterocycles. The van der Waals surface area contributed by atoms with Crippen LogP contribution < -0.4 is 15.5 Å². The van der Waals surface area contributed by atoms with Crippen LogP contribution in [0.2, 0.25) is 0 Å². The van der Waals surface area contributed by atoms with E-state index in [2.05, 4.69) is 36.9 Å². The number of hydrogen-bond donors (Lipinski definition) is 2. The Bertz CT molecular complexity index is 1230. The highest BCUT2D eigenvalue weighted by molar-refractivity contribution is 5.92. The minimum Gasteiger partial charge on any atom is -0.378 e. The van der Waals surface area contributed by atoms with Gasteiger partial charge in [-0.1, -0.05) is 0 Å². The van der Waals surface area contributed by atoms with E-state index in [0.29, 0.717) is 37.9 Å². The number of H-pyrrole nitrogens is 1. The summed E-state index contributed by atoms with van der Waals surface area (Å²) < 4.78 is 5.54. The lowest BCUT2D eigenvalue weighted by Crippen LogP contribution is -2.49. The first-order chi connectivity index (χ1) is 17.0. The van der Waals surface area contributed by atoms with Crippen LogP contribution in [0.15, 0.2) is 24.7 Å². The van der Waals surface area contributed by atoms with Gasteiger partial charge in [0.15, 0.2) is 0 Å². The highest BCUT2D eigenvalue weighted by Crippen LogP contribution is 2.41. The first kappa shape index (κ1) is 21.7. The number of aromatic amines is 1. The maximum absolute atomic E-state index is 13.0. The van der Waals surface area contributed by atoms with Gasteiger partial charge in [0.25, 0.3) is 5.91 Å². The van der Waals surface area contributed by atoms with Gasteiger partial charge in [0.2, 0.25) is 11.9 Å². The lowest BCUT2D eigenvalue weighted by molar-refractivity contribution is 0.0778. The molecule has 1 atom stereocenters. The number of ether oxygens (including phenoxy) is 1. The Morgan fingerprint density at radius 1 is 1.14 bits per heavy atom. The van der Waals surface area contributed by atoms with Gasteiger partial charge in [0.1, 0.15) is 11.5 Å². The Hall–Kier alpha value is -3.80. The number of likely N-dealkylation sites (tertiary alicyclic amines) is 1. The lowest BCUT2D eigenvalue weighted by atomic mass is 9.99. The van der Waals surface area contributed by atoms with E-state index in [1.54, 1.807) is 24.7 Å². The van der Waals surface area contributed by atoms with E-state index < -0.39 is 0 Å². The van der Waals surface area contributed by atoms with E-state index in [9.17, 15) is 4.79 Å². The maximum Gasteiger partial charge on any atom is 0.271 e. The Labute approximate surface area is 202 Å². The molecule has 6 rings (SSSR count). The van der Waals surface area contributed by atoms with Gasteiger partial charge in [-0.05, 0) is 25.8 Å². The van der Waals surface area contributed by atoms with E-state index >= 15 is 0 Å². The fourth-order valence-electron chi connectivity index (χ4n) is 5.26. The molecule has 1 amide bonds. The van der Waals surface area contributed by atoms with E-state index in [-0.39, 0.29) is 17.4 Å². The Balaban J connectivity index is 1.37. The molecule has 0 radical (unpaired) electrons. The SMILES string of the molecule is C[C@]1(N2CCc3c(-c4cnc(N)nc4)nc(N4CCOCC4)nc32)CCN(C(=O)c2ccn[nH]2)C1. The number of amides is 1. The third kappa shape index (κ3) is 3.83. The highest BCUT2D eigenvalue weighted by atomic mass is 16.5. The van der Waals surface area contributed by atoms with Gasteiger partial charge < -0.3 is 25.2 Å². The fourth-order valence-corrected chi connectivity index (χ4v) is 5.26. The van der Waals surface area contributed by atoms with Gasteiger partial charge in [0.05, 0.1) is 24.4 Å². The molecule has 12 heteroatoms. The molecule has 0 unspecified atom stereocenters. The molecule has 3 aliphatic rings. The number of carbonyl (C=O) groups is 1. The molecule has 3 N–H and O–H groups in total. The number of nitrogens with one attached hydrogen (secondary N) is 1. The summed E-state index contributed by atoms with van der Waals surface area (Å²) in [5.41, 5.74) is 8.74. The number of nitrogens with zero attached hydrogens (tertiary/aromatic N) is 8. The minimum atomic E-state index is -0.244. The molecule has 0 bridgehead atoms. The average Bonchev–Trinajstić information content (AvgIpc) is 3.64. The molecule has 2 fully saturated rings. The Kier molecular flexibility index (Phi) is 5.24. The van der Waals surface area contributed by atoms with Crippen molar-refractivity contribution in [2.75, 3.05) is 61.5 Å². The van der Waals surface area contributed by atoms with Crippen LogP contribution in [0.3, 0.4) is 0 Å². The summed E-state index contributed by atoms with van der Waals surface area (Å²) >= 11 is 0. The third-order valence-corrected chi connectivity index (χ3v) is 7.18. The minimum absolute atomic E-state index is 0.0259. The predicted molar refractivity (Wildman–Crippen MR) is 129 cm³/mol. The molecule has 0 aromatic carbocycles. The van der Waals surface area contributed by atoms with Crippen molar-refractivity contribution in [2.45, 2.75) is 25.3 Å². The zero-order chi connectivity index (χ0) is 24.0. The summed E-state index contributed by atoms with van der Waals surface area (Å²) in [5.74, 6) is 1.81. The van der Waals surface area contributed by atoms with Crippen molar-refractivity contribution in [1.82, 2.24) is 35.0 Å². The number of carbonyl (C=O) groups excluding carboxylic acids is 1. The molecule has 0 aliphatic carbocycles. The molecule has 0 spiro atoms. The van der Waals surface area contributed by atoms with Gasteiger partial charge in [-0.2, -0.15) is 10.1 Å². The molecular formula is C23H28N10O2. The van der Waals surface area contributed by atoms with Crippen molar-refractivity contribution in [1.29, 1.82) is 0 Å². The van der Waals surface area contributed by atoms with Gasteiger partial charge >= 0.3 is 0 Å². The van der Waals surface area contributed by atoms with Crippen molar-refractivity contribution < 1.29 is 9.53 Å². The molecule has 0 saturated carbocycles. The maximum atomic E-state index is 13.0. The van der Waals surface area contributed by atoms with Crippen molar-refractivity contribution in [3.05, 3.63) is 35.9 Å². The summed E-state index contributed by atoms with van der Waals surface area (Å²) in [6.07, 6.45) is 6.70. The first-order valence-electron chi connectivity index (χ1n) is 11.9. The predicted octanol–water partition coefficient (Wildman–Crippen LogP) is 0.743. The summed E-state index contributed by atoms with van der Waals surface area (Å²) in [4.78, 5) is 37.8. The number of fused-ring (bicyclic) bond motifs is 1.